The van der Waals surface area contributed by atoms with Crippen molar-refractivity contribution in [3.05, 3.63) is 29.5 Å². The van der Waals surface area contributed by atoms with Crippen LogP contribution in [0.15, 0.2) is 29.4 Å². The molecule has 2 rings (SSSR count). The zero-order valence-electron chi connectivity index (χ0n) is 9.33. The Balaban J connectivity index is 2.40. The third kappa shape index (κ3) is 2.39. The largest absolute Gasteiger partial charge is 0.381 e. The molecular formula is C9H10ClN5O2S. The molecule has 0 aromatic carbocycles. The minimum atomic E-state index is -3.85. The zero-order valence-corrected chi connectivity index (χ0v) is 10.9. The predicted molar refractivity (Wildman–Crippen MR) is 67.7 cm³/mol. The number of pyridine rings is 1. The monoisotopic (exact) mass is 287 g/mol. The van der Waals surface area contributed by atoms with Gasteiger partial charge in [-0.1, -0.05) is 11.6 Å². The van der Waals surface area contributed by atoms with Gasteiger partial charge in [-0.2, -0.15) is 5.10 Å². The van der Waals surface area contributed by atoms with Gasteiger partial charge < -0.3 is 5.73 Å². The molecule has 0 aliphatic heterocycles. The van der Waals surface area contributed by atoms with Crippen LogP contribution < -0.4 is 10.5 Å². The van der Waals surface area contributed by atoms with E-state index in [4.69, 9.17) is 17.3 Å². The van der Waals surface area contributed by atoms with Crippen LogP contribution in [-0.4, -0.2) is 23.2 Å². The molecule has 0 saturated carbocycles. The molecule has 0 aliphatic carbocycles. The molecule has 2 heterocycles. The number of anilines is 2. The second kappa shape index (κ2) is 4.46. The molecule has 0 bridgehead atoms. The number of rotatable bonds is 3. The first kappa shape index (κ1) is 12.7. The Labute approximate surface area is 109 Å². The van der Waals surface area contributed by atoms with Crippen molar-refractivity contribution in [2.75, 3.05) is 10.5 Å². The lowest BCUT2D eigenvalue weighted by Gasteiger charge is -2.06. The lowest BCUT2D eigenvalue weighted by atomic mass is 10.5. The Bertz CT molecular complexity index is 682. The van der Waals surface area contributed by atoms with Gasteiger partial charge in [-0.3, -0.25) is 9.40 Å². The van der Waals surface area contributed by atoms with E-state index in [-0.39, 0.29) is 21.6 Å². The molecule has 9 heteroatoms. The van der Waals surface area contributed by atoms with E-state index in [1.807, 2.05) is 0 Å². The van der Waals surface area contributed by atoms with E-state index in [1.165, 1.54) is 23.1 Å². The number of halogens is 1. The van der Waals surface area contributed by atoms with E-state index in [9.17, 15) is 8.42 Å². The average Bonchev–Trinajstić information content (AvgIpc) is 2.62. The van der Waals surface area contributed by atoms with Crippen LogP contribution in [-0.2, 0) is 17.1 Å². The van der Waals surface area contributed by atoms with Crippen LogP contribution in [0, 0.1) is 0 Å². The van der Waals surface area contributed by atoms with Gasteiger partial charge in [-0.05, 0) is 12.1 Å². The predicted octanol–water partition coefficient (Wildman–Crippen LogP) is 0.852. The first-order valence-corrected chi connectivity index (χ1v) is 6.69. The van der Waals surface area contributed by atoms with E-state index < -0.39 is 10.0 Å². The van der Waals surface area contributed by atoms with Gasteiger partial charge >= 0.3 is 0 Å². The highest BCUT2D eigenvalue weighted by molar-refractivity contribution is 7.92. The van der Waals surface area contributed by atoms with Crippen LogP contribution in [0.25, 0.3) is 0 Å². The van der Waals surface area contributed by atoms with Crippen molar-refractivity contribution >= 4 is 33.3 Å². The molecule has 0 unspecified atom stereocenters. The molecule has 0 saturated heterocycles. The van der Waals surface area contributed by atoms with Crippen molar-refractivity contribution in [1.29, 1.82) is 0 Å². The second-order valence-corrected chi connectivity index (χ2v) is 5.55. The fraction of sp³-hybridized carbons (Fsp3) is 0.111. The van der Waals surface area contributed by atoms with Gasteiger partial charge in [-0.25, -0.2) is 13.4 Å². The van der Waals surface area contributed by atoms with Crippen LogP contribution in [0.2, 0.25) is 5.02 Å². The lowest BCUT2D eigenvalue weighted by Crippen LogP contribution is -2.15. The number of hydrogen-bond donors (Lipinski definition) is 2. The van der Waals surface area contributed by atoms with Crippen LogP contribution >= 0.6 is 11.6 Å². The summed E-state index contributed by atoms with van der Waals surface area (Å²) in [7, 11) is -2.28. The number of nitrogen functional groups attached to an aromatic ring is 1. The Kier molecular flexibility index (Phi) is 3.14. The third-order valence-electron chi connectivity index (χ3n) is 2.10. The first-order valence-electron chi connectivity index (χ1n) is 4.82. The second-order valence-electron chi connectivity index (χ2n) is 3.49. The molecule has 0 spiro atoms. The summed E-state index contributed by atoms with van der Waals surface area (Å²) in [5.41, 5.74) is 5.51. The minimum absolute atomic E-state index is 0.0439. The highest BCUT2D eigenvalue weighted by atomic mass is 35.5. The van der Waals surface area contributed by atoms with Crippen molar-refractivity contribution in [1.82, 2.24) is 14.8 Å². The lowest BCUT2D eigenvalue weighted by molar-refractivity contribution is 0.601. The van der Waals surface area contributed by atoms with Crippen molar-refractivity contribution < 1.29 is 8.42 Å². The fourth-order valence-electron chi connectivity index (χ4n) is 1.33. The Morgan fingerprint density at radius 3 is 2.78 bits per heavy atom. The van der Waals surface area contributed by atoms with Crippen molar-refractivity contribution in [2.24, 2.45) is 7.05 Å². The smallest absolute Gasteiger partial charge is 0.268 e. The maximum Gasteiger partial charge on any atom is 0.268 e. The van der Waals surface area contributed by atoms with Gasteiger partial charge in [0.1, 0.15) is 4.90 Å². The molecule has 18 heavy (non-hydrogen) atoms. The number of sulfonamides is 1. The third-order valence-corrected chi connectivity index (χ3v) is 3.76. The van der Waals surface area contributed by atoms with Crippen LogP contribution in [0.5, 0.6) is 0 Å². The highest BCUT2D eigenvalue weighted by Gasteiger charge is 2.22. The number of aromatic nitrogens is 3. The van der Waals surface area contributed by atoms with E-state index >= 15 is 0 Å². The SMILES string of the molecule is Cn1cc(S(=O)(=O)Nc2ncccc2Cl)c(N)n1. The summed E-state index contributed by atoms with van der Waals surface area (Å²) in [5, 5.41) is 3.96. The summed E-state index contributed by atoms with van der Waals surface area (Å²) in [6.45, 7) is 0. The summed E-state index contributed by atoms with van der Waals surface area (Å²) in [6.07, 6.45) is 2.73. The number of nitrogens with one attached hydrogen (secondary N) is 1. The molecule has 0 amide bonds. The Morgan fingerprint density at radius 2 is 2.22 bits per heavy atom. The van der Waals surface area contributed by atoms with E-state index in [1.54, 1.807) is 13.1 Å². The Morgan fingerprint density at radius 1 is 1.50 bits per heavy atom. The molecular weight excluding hydrogens is 278 g/mol. The number of aryl methyl sites for hydroxylation is 1. The number of nitrogens with two attached hydrogens (primary N) is 1. The van der Waals surface area contributed by atoms with Crippen molar-refractivity contribution in [3.63, 3.8) is 0 Å². The van der Waals surface area contributed by atoms with E-state index in [2.05, 4.69) is 14.8 Å². The molecule has 96 valence electrons. The minimum Gasteiger partial charge on any atom is -0.381 e. The Hall–Kier alpha value is -1.80. The van der Waals surface area contributed by atoms with Crippen molar-refractivity contribution in [2.45, 2.75) is 4.90 Å². The molecule has 7 nitrogen and oxygen atoms in total. The summed E-state index contributed by atoms with van der Waals surface area (Å²) in [6, 6.07) is 3.12. The van der Waals surface area contributed by atoms with Gasteiger partial charge in [-0.15, -0.1) is 0 Å². The quantitative estimate of drug-likeness (QED) is 0.871. The maximum absolute atomic E-state index is 12.0. The normalized spacial score (nSPS) is 11.4. The fourth-order valence-corrected chi connectivity index (χ4v) is 2.69. The van der Waals surface area contributed by atoms with Crippen LogP contribution in [0.3, 0.4) is 0 Å². The molecule has 2 aromatic rings. The van der Waals surface area contributed by atoms with Gasteiger partial charge in [0.25, 0.3) is 10.0 Å². The first-order chi connectivity index (χ1) is 8.40. The van der Waals surface area contributed by atoms with Crippen molar-refractivity contribution in [3.8, 4) is 0 Å². The topological polar surface area (TPSA) is 103 Å². The highest BCUT2D eigenvalue weighted by Crippen LogP contribution is 2.23. The van der Waals surface area contributed by atoms with Gasteiger partial charge in [0.2, 0.25) is 0 Å². The maximum atomic E-state index is 12.0. The van der Waals surface area contributed by atoms with Gasteiger partial charge in [0, 0.05) is 19.4 Å². The average molecular weight is 288 g/mol. The molecule has 2 aromatic heterocycles. The molecule has 0 atom stereocenters. The molecule has 0 fully saturated rings. The van der Waals surface area contributed by atoms with Gasteiger partial charge in [0.15, 0.2) is 11.6 Å². The van der Waals surface area contributed by atoms with Crippen LogP contribution in [0.4, 0.5) is 11.6 Å². The summed E-state index contributed by atoms with van der Waals surface area (Å²) < 4.78 is 27.7. The summed E-state index contributed by atoms with van der Waals surface area (Å²) in [5.74, 6) is -0.0422. The molecule has 0 aliphatic rings. The van der Waals surface area contributed by atoms with E-state index in [0.29, 0.717) is 0 Å². The van der Waals surface area contributed by atoms with Crippen LogP contribution in [0.1, 0.15) is 0 Å². The van der Waals surface area contributed by atoms with E-state index in [0.717, 1.165) is 0 Å². The molecule has 3 N–H and O–H groups in total. The standard InChI is InChI=1S/C9H10ClN5O2S/c1-15-5-7(8(11)13-15)18(16,17)14-9-6(10)3-2-4-12-9/h2-5H,1H3,(H2,11,13)(H,12,14). The number of hydrogen-bond acceptors (Lipinski definition) is 5. The summed E-state index contributed by atoms with van der Waals surface area (Å²) >= 11 is 5.82. The number of nitrogens with zero attached hydrogens (tertiary/aromatic N) is 3. The molecule has 0 radical (unpaired) electrons. The van der Waals surface area contributed by atoms with Gasteiger partial charge in [0.05, 0.1) is 5.02 Å². The summed E-state index contributed by atoms with van der Waals surface area (Å²) in [4.78, 5) is 3.72. The zero-order chi connectivity index (χ0) is 13.3.